The molecular formula is C27H21N5O2S. The van der Waals surface area contributed by atoms with E-state index in [1.54, 1.807) is 40.5 Å². The number of carbonyl (C=O) groups excluding carboxylic acids is 2. The highest BCUT2D eigenvalue weighted by Gasteiger charge is 2.15. The van der Waals surface area contributed by atoms with Crippen LogP contribution in [0.4, 0.5) is 11.4 Å². The summed E-state index contributed by atoms with van der Waals surface area (Å²) in [6, 6.07) is 24.2. The maximum atomic E-state index is 12.9. The van der Waals surface area contributed by atoms with Gasteiger partial charge in [-0.05, 0) is 48.9 Å². The van der Waals surface area contributed by atoms with E-state index >= 15 is 0 Å². The maximum absolute atomic E-state index is 12.9. The number of benzene rings is 3. The van der Waals surface area contributed by atoms with Crippen LogP contribution in [0.5, 0.6) is 0 Å². The first-order chi connectivity index (χ1) is 17.1. The largest absolute Gasteiger partial charge is 0.322 e. The number of rotatable bonds is 6. The molecule has 3 aromatic carbocycles. The topological polar surface area (TPSA) is 88.9 Å². The number of hydrogen-bond donors (Lipinski definition) is 2. The summed E-state index contributed by atoms with van der Waals surface area (Å²) in [4.78, 5) is 29.9. The molecule has 5 rings (SSSR count). The number of amides is 2. The smallest absolute Gasteiger partial charge is 0.275 e. The Morgan fingerprint density at radius 1 is 0.886 bits per heavy atom. The van der Waals surface area contributed by atoms with Gasteiger partial charge in [-0.25, -0.2) is 9.67 Å². The Hall–Kier alpha value is -4.56. The fourth-order valence-corrected chi connectivity index (χ4v) is 4.25. The van der Waals surface area contributed by atoms with Crippen LogP contribution in [-0.2, 0) is 0 Å². The van der Waals surface area contributed by atoms with Crippen molar-refractivity contribution >= 4 is 34.5 Å². The quantitative estimate of drug-likeness (QED) is 0.322. The van der Waals surface area contributed by atoms with Gasteiger partial charge in [0, 0.05) is 34.1 Å². The Bertz CT molecular complexity index is 1490. The van der Waals surface area contributed by atoms with Crippen LogP contribution < -0.4 is 10.6 Å². The summed E-state index contributed by atoms with van der Waals surface area (Å²) in [5, 5.41) is 12.6. The molecule has 0 atom stereocenters. The standard InChI is InChI=1S/C27H21N5O2S/c1-18-12-13-21(29-25(33)19-8-4-2-5-9-19)14-23(18)30-26(34)24-17-35-27(31-24)20-15-28-32(16-20)22-10-6-3-7-11-22/h2-17H,1H3,(H,29,33)(H,30,34). The van der Waals surface area contributed by atoms with Crippen LogP contribution in [0.2, 0.25) is 0 Å². The molecule has 0 unspecified atom stereocenters. The van der Waals surface area contributed by atoms with Crippen LogP contribution in [0.3, 0.4) is 0 Å². The van der Waals surface area contributed by atoms with Crippen LogP contribution in [-0.4, -0.2) is 26.6 Å². The van der Waals surface area contributed by atoms with Gasteiger partial charge in [0.2, 0.25) is 0 Å². The zero-order chi connectivity index (χ0) is 24.2. The van der Waals surface area contributed by atoms with Crippen molar-refractivity contribution in [3.05, 3.63) is 113 Å². The molecule has 2 heterocycles. The Kier molecular flexibility index (Phi) is 6.19. The Balaban J connectivity index is 1.29. The van der Waals surface area contributed by atoms with Gasteiger partial charge in [-0.15, -0.1) is 11.3 Å². The maximum Gasteiger partial charge on any atom is 0.275 e. The van der Waals surface area contributed by atoms with Crippen molar-refractivity contribution < 1.29 is 9.59 Å². The Labute approximate surface area is 206 Å². The molecule has 0 radical (unpaired) electrons. The van der Waals surface area contributed by atoms with Crippen molar-refractivity contribution in [1.82, 2.24) is 14.8 Å². The number of carbonyl (C=O) groups is 2. The van der Waals surface area contributed by atoms with Gasteiger partial charge in [-0.2, -0.15) is 5.10 Å². The van der Waals surface area contributed by atoms with Crippen LogP contribution >= 0.6 is 11.3 Å². The third kappa shape index (κ3) is 5.02. The van der Waals surface area contributed by atoms with Gasteiger partial charge in [0.15, 0.2) is 0 Å². The van der Waals surface area contributed by atoms with Crippen molar-refractivity contribution in [3.8, 4) is 16.3 Å². The monoisotopic (exact) mass is 479 g/mol. The molecule has 0 saturated heterocycles. The molecule has 0 aliphatic carbocycles. The Morgan fingerprint density at radius 2 is 1.63 bits per heavy atom. The first kappa shape index (κ1) is 22.2. The van der Waals surface area contributed by atoms with Gasteiger partial charge in [0.1, 0.15) is 10.7 Å². The molecule has 0 fully saturated rings. The lowest BCUT2D eigenvalue weighted by Gasteiger charge is -2.11. The molecule has 7 nitrogen and oxygen atoms in total. The van der Waals surface area contributed by atoms with Gasteiger partial charge in [-0.1, -0.05) is 42.5 Å². The minimum absolute atomic E-state index is 0.216. The van der Waals surface area contributed by atoms with Crippen LogP contribution in [0.15, 0.2) is 96.6 Å². The summed E-state index contributed by atoms with van der Waals surface area (Å²) in [6.45, 7) is 1.89. The molecule has 0 aliphatic heterocycles. The zero-order valence-electron chi connectivity index (χ0n) is 18.8. The van der Waals surface area contributed by atoms with Gasteiger partial charge in [0.25, 0.3) is 11.8 Å². The number of nitrogens with zero attached hydrogens (tertiary/aromatic N) is 3. The second kappa shape index (κ2) is 9.74. The van der Waals surface area contributed by atoms with E-state index in [1.165, 1.54) is 11.3 Å². The number of para-hydroxylation sites is 1. The molecule has 2 amide bonds. The van der Waals surface area contributed by atoms with Crippen molar-refractivity contribution in [2.24, 2.45) is 0 Å². The summed E-state index contributed by atoms with van der Waals surface area (Å²) in [7, 11) is 0. The van der Waals surface area contributed by atoms with Crippen molar-refractivity contribution in [1.29, 1.82) is 0 Å². The number of anilines is 2. The van der Waals surface area contributed by atoms with Crippen molar-refractivity contribution in [3.63, 3.8) is 0 Å². The predicted molar refractivity (Wildman–Crippen MR) is 138 cm³/mol. The van der Waals surface area contributed by atoms with Gasteiger partial charge < -0.3 is 10.6 Å². The fourth-order valence-electron chi connectivity index (χ4n) is 3.48. The third-order valence-electron chi connectivity index (χ3n) is 5.37. The van der Waals surface area contributed by atoms with Crippen LogP contribution in [0.25, 0.3) is 16.3 Å². The lowest BCUT2D eigenvalue weighted by Crippen LogP contribution is -2.15. The number of nitrogens with one attached hydrogen (secondary N) is 2. The average Bonchev–Trinajstić information content (AvgIpc) is 3.57. The lowest BCUT2D eigenvalue weighted by atomic mass is 10.1. The number of aryl methyl sites for hydroxylation is 1. The number of aromatic nitrogens is 3. The van der Waals surface area contributed by atoms with Gasteiger partial charge in [-0.3, -0.25) is 9.59 Å². The number of thiazole rings is 1. The predicted octanol–water partition coefficient (Wildman–Crippen LogP) is 5.81. The summed E-state index contributed by atoms with van der Waals surface area (Å²) >= 11 is 1.38. The molecule has 0 bridgehead atoms. The highest BCUT2D eigenvalue weighted by Crippen LogP contribution is 2.26. The summed E-state index contributed by atoms with van der Waals surface area (Å²) in [5.41, 5.74) is 4.72. The second-order valence-corrected chi connectivity index (χ2v) is 8.71. The zero-order valence-corrected chi connectivity index (χ0v) is 19.6. The van der Waals surface area contributed by atoms with Gasteiger partial charge >= 0.3 is 0 Å². The molecule has 5 aromatic rings. The molecule has 0 spiro atoms. The van der Waals surface area contributed by atoms with E-state index < -0.39 is 0 Å². The van der Waals surface area contributed by atoms with Crippen LogP contribution in [0, 0.1) is 6.92 Å². The van der Waals surface area contributed by atoms with Crippen molar-refractivity contribution in [2.75, 3.05) is 10.6 Å². The summed E-state index contributed by atoms with van der Waals surface area (Å²) in [6.07, 6.45) is 3.62. The van der Waals surface area contributed by atoms with E-state index in [0.29, 0.717) is 27.6 Å². The van der Waals surface area contributed by atoms with E-state index in [1.807, 2.05) is 67.7 Å². The van der Waals surface area contributed by atoms with Crippen LogP contribution in [0.1, 0.15) is 26.4 Å². The van der Waals surface area contributed by atoms with E-state index in [2.05, 4.69) is 20.7 Å². The second-order valence-electron chi connectivity index (χ2n) is 7.85. The highest BCUT2D eigenvalue weighted by atomic mass is 32.1. The molecule has 35 heavy (non-hydrogen) atoms. The molecule has 172 valence electrons. The minimum Gasteiger partial charge on any atom is -0.322 e. The first-order valence-corrected chi connectivity index (χ1v) is 11.8. The molecule has 0 aliphatic rings. The highest BCUT2D eigenvalue weighted by molar-refractivity contribution is 7.13. The van der Waals surface area contributed by atoms with Gasteiger partial charge in [0.05, 0.1) is 11.9 Å². The average molecular weight is 480 g/mol. The number of hydrogen-bond acceptors (Lipinski definition) is 5. The van der Waals surface area contributed by atoms with E-state index in [-0.39, 0.29) is 11.8 Å². The summed E-state index contributed by atoms with van der Waals surface area (Å²) < 4.78 is 1.77. The first-order valence-electron chi connectivity index (χ1n) is 10.9. The third-order valence-corrected chi connectivity index (χ3v) is 6.26. The lowest BCUT2D eigenvalue weighted by molar-refractivity contribution is 0.101. The molecule has 2 N–H and O–H groups in total. The summed E-state index contributed by atoms with van der Waals surface area (Å²) in [5.74, 6) is -0.537. The molecule has 8 heteroatoms. The van der Waals surface area contributed by atoms with Crippen molar-refractivity contribution in [2.45, 2.75) is 6.92 Å². The molecule has 2 aromatic heterocycles. The van der Waals surface area contributed by atoms with E-state index in [4.69, 9.17) is 0 Å². The fraction of sp³-hybridized carbons (Fsp3) is 0.0370. The molecule has 0 saturated carbocycles. The Morgan fingerprint density at radius 3 is 2.40 bits per heavy atom. The van der Waals surface area contributed by atoms with E-state index in [9.17, 15) is 9.59 Å². The van der Waals surface area contributed by atoms with E-state index in [0.717, 1.165) is 16.8 Å². The minimum atomic E-state index is -0.322. The normalized spacial score (nSPS) is 10.7. The molecular weight excluding hydrogens is 458 g/mol. The SMILES string of the molecule is Cc1ccc(NC(=O)c2ccccc2)cc1NC(=O)c1csc(-c2cnn(-c3ccccc3)c2)n1.